The van der Waals surface area contributed by atoms with Crippen molar-refractivity contribution in [2.24, 2.45) is 23.7 Å². The van der Waals surface area contributed by atoms with Crippen LogP contribution in [-0.4, -0.2) is 29.2 Å². The zero-order valence-electron chi connectivity index (χ0n) is 15.5. The molecule has 3 fully saturated rings. The molecule has 26 heavy (non-hydrogen) atoms. The highest BCUT2D eigenvalue weighted by atomic mass is 16.5. The van der Waals surface area contributed by atoms with Crippen molar-refractivity contribution >= 4 is 17.8 Å². The molecule has 2 amide bonds. The van der Waals surface area contributed by atoms with Gasteiger partial charge in [0.1, 0.15) is 12.3 Å². The maximum atomic E-state index is 12.6. The Morgan fingerprint density at radius 1 is 1.04 bits per heavy atom. The molecule has 4 rings (SSSR count). The van der Waals surface area contributed by atoms with Crippen LogP contribution < -0.4 is 4.74 Å². The number of rotatable bonds is 3. The van der Waals surface area contributed by atoms with Crippen molar-refractivity contribution in [3.63, 3.8) is 0 Å². The molecule has 2 aliphatic carbocycles. The molecule has 5 heteroatoms. The second kappa shape index (κ2) is 5.93. The lowest BCUT2D eigenvalue weighted by molar-refractivity contribution is -0.148. The van der Waals surface area contributed by atoms with Crippen molar-refractivity contribution in [1.82, 2.24) is 4.90 Å². The molecule has 1 aromatic rings. The quantitative estimate of drug-likeness (QED) is 0.475. The number of nitrogens with zero attached hydrogens (tertiary/aromatic N) is 1. The first-order chi connectivity index (χ1) is 12.3. The minimum Gasteiger partial charge on any atom is -0.425 e. The van der Waals surface area contributed by atoms with E-state index in [1.54, 1.807) is 12.1 Å². The minimum absolute atomic E-state index is 0.0219. The summed E-state index contributed by atoms with van der Waals surface area (Å²) in [6.45, 7) is 6.05. The highest BCUT2D eigenvalue weighted by Gasteiger charge is 2.61. The minimum atomic E-state index is -0.567. The fourth-order valence-corrected chi connectivity index (χ4v) is 4.94. The topological polar surface area (TPSA) is 63.7 Å². The number of amides is 2. The highest BCUT2D eigenvalue weighted by molar-refractivity contribution is 6.07. The summed E-state index contributed by atoms with van der Waals surface area (Å²) in [6, 6.07) is 7.36. The summed E-state index contributed by atoms with van der Waals surface area (Å²) in [5.74, 6) is -0.218. The molecule has 1 saturated heterocycles. The third kappa shape index (κ3) is 2.74. The van der Waals surface area contributed by atoms with E-state index < -0.39 is 5.97 Å². The van der Waals surface area contributed by atoms with Gasteiger partial charge in [-0.1, -0.05) is 32.9 Å². The molecule has 1 aromatic carbocycles. The number of hydrogen-bond acceptors (Lipinski definition) is 4. The molecule has 0 aromatic heterocycles. The molecule has 0 radical (unpaired) electrons. The van der Waals surface area contributed by atoms with Gasteiger partial charge in [-0.2, -0.15) is 0 Å². The molecular weight excluding hydrogens is 330 g/mol. The van der Waals surface area contributed by atoms with Crippen LogP contribution in [0.2, 0.25) is 0 Å². The predicted molar refractivity (Wildman–Crippen MR) is 95.3 cm³/mol. The van der Waals surface area contributed by atoms with Crippen LogP contribution >= 0.6 is 0 Å². The van der Waals surface area contributed by atoms with Gasteiger partial charge in [0.25, 0.3) is 0 Å². The second-order valence-electron chi connectivity index (χ2n) is 8.90. The number of imide groups is 1. The molecule has 1 aliphatic heterocycles. The van der Waals surface area contributed by atoms with Gasteiger partial charge in [-0.3, -0.25) is 14.5 Å². The number of hydrogen-bond donors (Lipinski definition) is 0. The van der Waals surface area contributed by atoms with E-state index in [0.29, 0.717) is 17.6 Å². The Kier molecular flexibility index (Phi) is 3.94. The Morgan fingerprint density at radius 3 is 2.08 bits per heavy atom. The molecule has 4 atom stereocenters. The summed E-state index contributed by atoms with van der Waals surface area (Å²) in [6.07, 6.45) is 3.05. The molecular formula is C21H25NO4. The molecule has 3 aliphatic rings. The van der Waals surface area contributed by atoms with Gasteiger partial charge in [-0.05, 0) is 54.2 Å². The largest absolute Gasteiger partial charge is 0.425 e. The molecule has 0 spiro atoms. The maximum absolute atomic E-state index is 12.6. The van der Waals surface area contributed by atoms with E-state index in [2.05, 4.69) is 20.8 Å². The standard InChI is InChI=1S/C21H25NO4/c1-21(2,3)14-6-8-15(9-7-14)26-16(23)11-22-19(24)17-12-4-5-13(10-12)18(17)20(22)25/h6-9,12-13,17-18H,4-5,10-11H2,1-3H3/t12-,13-,17-,18-/m0/s1. The second-order valence-corrected chi connectivity index (χ2v) is 8.90. The molecule has 0 N–H and O–H groups in total. The summed E-state index contributed by atoms with van der Waals surface area (Å²) in [5.41, 5.74) is 1.17. The molecule has 5 nitrogen and oxygen atoms in total. The van der Waals surface area contributed by atoms with Crippen molar-refractivity contribution in [3.05, 3.63) is 29.8 Å². The number of carbonyl (C=O) groups is 3. The van der Waals surface area contributed by atoms with Crippen molar-refractivity contribution in [2.45, 2.75) is 45.4 Å². The lowest BCUT2D eigenvalue weighted by atomic mass is 9.81. The average molecular weight is 355 g/mol. The molecule has 2 saturated carbocycles. The average Bonchev–Trinajstić information content (AvgIpc) is 3.24. The van der Waals surface area contributed by atoms with Gasteiger partial charge < -0.3 is 4.74 Å². The maximum Gasteiger partial charge on any atom is 0.331 e. The molecule has 138 valence electrons. The Labute approximate surface area is 153 Å². The first-order valence-corrected chi connectivity index (χ1v) is 9.42. The monoisotopic (exact) mass is 355 g/mol. The van der Waals surface area contributed by atoms with Crippen molar-refractivity contribution < 1.29 is 19.1 Å². The lowest BCUT2D eigenvalue weighted by Gasteiger charge is -2.19. The van der Waals surface area contributed by atoms with E-state index in [9.17, 15) is 14.4 Å². The summed E-state index contributed by atoms with van der Waals surface area (Å²) in [5, 5.41) is 0. The third-order valence-corrected chi connectivity index (χ3v) is 6.26. The van der Waals surface area contributed by atoms with E-state index in [4.69, 9.17) is 4.74 Å². The first-order valence-electron chi connectivity index (χ1n) is 9.42. The van der Waals surface area contributed by atoms with Crippen LogP contribution in [0.15, 0.2) is 24.3 Å². The SMILES string of the molecule is CC(C)(C)c1ccc(OC(=O)CN2C(=O)[C@H]3[C@H]4CC[C@@H](C4)[C@@H]3C2=O)cc1. The van der Waals surface area contributed by atoms with Gasteiger partial charge in [-0.15, -0.1) is 0 Å². The van der Waals surface area contributed by atoms with Crippen LogP contribution in [0.25, 0.3) is 0 Å². The summed E-state index contributed by atoms with van der Waals surface area (Å²) in [4.78, 5) is 38.7. The lowest BCUT2D eigenvalue weighted by Crippen LogP contribution is -2.38. The number of esters is 1. The third-order valence-electron chi connectivity index (χ3n) is 6.26. The number of benzene rings is 1. The van der Waals surface area contributed by atoms with E-state index >= 15 is 0 Å². The smallest absolute Gasteiger partial charge is 0.331 e. The van der Waals surface area contributed by atoms with Crippen molar-refractivity contribution in [2.75, 3.05) is 6.54 Å². The zero-order chi connectivity index (χ0) is 18.6. The number of ether oxygens (including phenoxy) is 1. The van der Waals surface area contributed by atoms with Crippen LogP contribution in [0.3, 0.4) is 0 Å². The molecule has 1 heterocycles. The van der Waals surface area contributed by atoms with Crippen molar-refractivity contribution in [3.8, 4) is 5.75 Å². The number of likely N-dealkylation sites (tertiary alicyclic amines) is 1. The fraction of sp³-hybridized carbons (Fsp3) is 0.571. The summed E-state index contributed by atoms with van der Waals surface area (Å²) >= 11 is 0. The zero-order valence-corrected chi connectivity index (χ0v) is 15.5. The Morgan fingerprint density at radius 2 is 1.58 bits per heavy atom. The first kappa shape index (κ1) is 17.3. The van der Waals surface area contributed by atoms with Gasteiger partial charge in [-0.25, -0.2) is 4.79 Å². The summed E-state index contributed by atoms with van der Waals surface area (Å²) < 4.78 is 5.35. The van der Waals surface area contributed by atoms with E-state index in [1.165, 1.54) is 0 Å². The number of fused-ring (bicyclic) bond motifs is 5. The van der Waals surface area contributed by atoms with Crippen LogP contribution in [0.4, 0.5) is 0 Å². The van der Waals surface area contributed by atoms with E-state index in [-0.39, 0.29) is 35.6 Å². The predicted octanol–water partition coefficient (Wildman–Crippen LogP) is 2.92. The Hall–Kier alpha value is -2.17. The summed E-state index contributed by atoms with van der Waals surface area (Å²) in [7, 11) is 0. The van der Waals surface area contributed by atoms with E-state index in [1.807, 2.05) is 12.1 Å². The normalized spacial score (nSPS) is 30.0. The van der Waals surface area contributed by atoms with Crippen LogP contribution in [0, 0.1) is 23.7 Å². The van der Waals surface area contributed by atoms with Gasteiger partial charge in [0.15, 0.2) is 0 Å². The van der Waals surface area contributed by atoms with E-state index in [0.717, 1.165) is 29.7 Å². The van der Waals surface area contributed by atoms with Crippen molar-refractivity contribution in [1.29, 1.82) is 0 Å². The Balaban J connectivity index is 1.41. The Bertz CT molecular complexity index is 733. The number of carbonyl (C=O) groups excluding carboxylic acids is 3. The molecule has 2 bridgehead atoms. The van der Waals surface area contributed by atoms with Crippen LogP contribution in [0.1, 0.15) is 45.6 Å². The molecule has 0 unspecified atom stereocenters. The van der Waals surface area contributed by atoms with Gasteiger partial charge in [0, 0.05) is 0 Å². The van der Waals surface area contributed by atoms with Crippen LogP contribution in [-0.2, 0) is 19.8 Å². The van der Waals surface area contributed by atoms with Gasteiger partial charge in [0.2, 0.25) is 11.8 Å². The van der Waals surface area contributed by atoms with Gasteiger partial charge >= 0.3 is 5.97 Å². The van der Waals surface area contributed by atoms with Gasteiger partial charge in [0.05, 0.1) is 11.8 Å². The highest BCUT2D eigenvalue weighted by Crippen LogP contribution is 2.56. The van der Waals surface area contributed by atoms with Crippen LogP contribution in [0.5, 0.6) is 5.75 Å². The fourth-order valence-electron chi connectivity index (χ4n) is 4.94.